The lowest BCUT2D eigenvalue weighted by atomic mass is 10.2. The van der Waals surface area contributed by atoms with E-state index in [1.807, 2.05) is 33.0 Å². The second-order valence-electron chi connectivity index (χ2n) is 4.04. The molecule has 0 aliphatic heterocycles. The first-order chi connectivity index (χ1) is 7.50. The van der Waals surface area contributed by atoms with Gasteiger partial charge >= 0.3 is 0 Å². The van der Waals surface area contributed by atoms with E-state index in [-0.39, 0.29) is 6.10 Å². The summed E-state index contributed by atoms with van der Waals surface area (Å²) in [6.07, 6.45) is 0.260. The molecular formula is C12H19ClN2O. The number of nitrogen functional groups attached to an aromatic ring is 1. The lowest BCUT2D eigenvalue weighted by molar-refractivity contribution is 0.0846. The summed E-state index contributed by atoms with van der Waals surface area (Å²) in [7, 11) is 1.99. The Bertz CT molecular complexity index is 342. The Morgan fingerprint density at radius 3 is 2.69 bits per heavy atom. The van der Waals surface area contributed by atoms with Crippen molar-refractivity contribution in [1.82, 2.24) is 0 Å². The van der Waals surface area contributed by atoms with E-state index in [2.05, 4.69) is 4.90 Å². The fourth-order valence-corrected chi connectivity index (χ4v) is 1.60. The van der Waals surface area contributed by atoms with Crippen molar-refractivity contribution in [2.24, 2.45) is 0 Å². The molecule has 0 bridgehead atoms. The highest BCUT2D eigenvalue weighted by Gasteiger charge is 2.05. The van der Waals surface area contributed by atoms with Crippen LogP contribution in [0.2, 0.25) is 5.02 Å². The van der Waals surface area contributed by atoms with Gasteiger partial charge in [-0.25, -0.2) is 0 Å². The molecule has 0 aliphatic carbocycles. The van der Waals surface area contributed by atoms with Crippen molar-refractivity contribution in [1.29, 1.82) is 0 Å². The third-order valence-electron chi connectivity index (χ3n) is 2.28. The number of nitrogens with two attached hydrogens (primary N) is 1. The molecule has 0 spiro atoms. The van der Waals surface area contributed by atoms with Crippen molar-refractivity contribution in [2.75, 3.05) is 30.8 Å². The average molecular weight is 243 g/mol. The van der Waals surface area contributed by atoms with Crippen molar-refractivity contribution in [2.45, 2.75) is 20.0 Å². The highest BCUT2D eigenvalue weighted by atomic mass is 35.5. The standard InChI is InChI=1S/C12H19ClN2O/c1-9(2)16-7-6-15(3)12-5-4-10(13)8-11(12)14/h4-5,8-9H,6-7,14H2,1-3H3. The van der Waals surface area contributed by atoms with Gasteiger partial charge in [-0.2, -0.15) is 0 Å². The number of hydrogen-bond donors (Lipinski definition) is 1. The fraction of sp³-hybridized carbons (Fsp3) is 0.500. The Labute approximate surface area is 102 Å². The Morgan fingerprint density at radius 2 is 2.12 bits per heavy atom. The topological polar surface area (TPSA) is 38.5 Å². The van der Waals surface area contributed by atoms with Gasteiger partial charge in [0.2, 0.25) is 0 Å². The molecule has 0 aromatic heterocycles. The molecule has 4 heteroatoms. The molecule has 1 rings (SSSR count). The molecule has 0 saturated heterocycles. The number of likely N-dealkylation sites (N-methyl/N-ethyl adjacent to an activating group) is 1. The van der Waals surface area contributed by atoms with Crippen LogP contribution in [0.25, 0.3) is 0 Å². The minimum atomic E-state index is 0.260. The fourth-order valence-electron chi connectivity index (χ4n) is 1.42. The highest BCUT2D eigenvalue weighted by Crippen LogP contribution is 2.25. The van der Waals surface area contributed by atoms with E-state index in [0.717, 1.165) is 12.2 Å². The van der Waals surface area contributed by atoms with E-state index < -0.39 is 0 Å². The Morgan fingerprint density at radius 1 is 1.44 bits per heavy atom. The van der Waals surface area contributed by atoms with Gasteiger partial charge < -0.3 is 15.4 Å². The van der Waals surface area contributed by atoms with E-state index >= 15 is 0 Å². The van der Waals surface area contributed by atoms with Crippen LogP contribution >= 0.6 is 11.6 Å². The molecule has 3 nitrogen and oxygen atoms in total. The predicted molar refractivity (Wildman–Crippen MR) is 70.2 cm³/mol. The summed E-state index contributed by atoms with van der Waals surface area (Å²) in [5.41, 5.74) is 7.56. The predicted octanol–water partition coefficient (Wildman–Crippen LogP) is 2.78. The Hall–Kier alpha value is -0.930. The molecule has 0 fully saturated rings. The number of rotatable bonds is 5. The summed E-state index contributed by atoms with van der Waals surface area (Å²) < 4.78 is 5.49. The van der Waals surface area contributed by atoms with Gasteiger partial charge in [-0.1, -0.05) is 11.6 Å². The van der Waals surface area contributed by atoms with Crippen molar-refractivity contribution >= 4 is 23.0 Å². The van der Waals surface area contributed by atoms with Crippen LogP contribution in [0.5, 0.6) is 0 Å². The maximum Gasteiger partial charge on any atom is 0.0644 e. The van der Waals surface area contributed by atoms with E-state index in [4.69, 9.17) is 22.1 Å². The molecule has 16 heavy (non-hydrogen) atoms. The Kier molecular flexibility index (Phi) is 4.90. The molecule has 0 radical (unpaired) electrons. The number of benzene rings is 1. The molecule has 0 aliphatic rings. The van der Waals surface area contributed by atoms with E-state index in [1.165, 1.54) is 0 Å². The summed E-state index contributed by atoms with van der Waals surface area (Å²) in [6.45, 7) is 5.55. The van der Waals surface area contributed by atoms with Crippen LogP contribution in [0.4, 0.5) is 11.4 Å². The van der Waals surface area contributed by atoms with Crippen molar-refractivity contribution in [3.05, 3.63) is 23.2 Å². The summed E-state index contributed by atoms with van der Waals surface area (Å²) in [4.78, 5) is 2.06. The highest BCUT2D eigenvalue weighted by molar-refractivity contribution is 6.31. The van der Waals surface area contributed by atoms with Crippen LogP contribution in [0.3, 0.4) is 0 Å². The summed E-state index contributed by atoms with van der Waals surface area (Å²) in [6, 6.07) is 5.52. The van der Waals surface area contributed by atoms with Gasteiger partial charge in [0.25, 0.3) is 0 Å². The minimum Gasteiger partial charge on any atom is -0.397 e. The van der Waals surface area contributed by atoms with Crippen molar-refractivity contribution < 1.29 is 4.74 Å². The maximum atomic E-state index is 5.89. The monoisotopic (exact) mass is 242 g/mol. The third kappa shape index (κ3) is 3.91. The molecule has 0 amide bonds. The van der Waals surface area contributed by atoms with Crippen molar-refractivity contribution in [3.8, 4) is 0 Å². The number of nitrogens with zero attached hydrogens (tertiary/aromatic N) is 1. The molecule has 0 atom stereocenters. The van der Waals surface area contributed by atoms with E-state index in [0.29, 0.717) is 17.3 Å². The molecule has 1 aromatic rings. The third-order valence-corrected chi connectivity index (χ3v) is 2.51. The second kappa shape index (κ2) is 5.97. The zero-order valence-electron chi connectivity index (χ0n) is 10.0. The molecule has 90 valence electrons. The van der Waals surface area contributed by atoms with Gasteiger partial charge in [-0.05, 0) is 32.0 Å². The first-order valence-electron chi connectivity index (χ1n) is 5.38. The van der Waals surface area contributed by atoms with E-state index in [1.54, 1.807) is 6.07 Å². The molecule has 1 aromatic carbocycles. The molecule has 0 heterocycles. The average Bonchev–Trinajstić information content (AvgIpc) is 2.16. The normalized spacial score (nSPS) is 10.8. The van der Waals surface area contributed by atoms with Crippen LogP contribution in [0, 0.1) is 0 Å². The smallest absolute Gasteiger partial charge is 0.0644 e. The largest absolute Gasteiger partial charge is 0.397 e. The van der Waals surface area contributed by atoms with Crippen LogP contribution < -0.4 is 10.6 Å². The SMILES string of the molecule is CC(C)OCCN(C)c1ccc(Cl)cc1N. The van der Waals surface area contributed by atoms with Crippen LogP contribution in [-0.2, 0) is 4.74 Å². The van der Waals surface area contributed by atoms with Gasteiger partial charge in [-0.15, -0.1) is 0 Å². The summed E-state index contributed by atoms with van der Waals surface area (Å²) in [5, 5.41) is 0.660. The Balaban J connectivity index is 2.55. The zero-order valence-corrected chi connectivity index (χ0v) is 10.8. The summed E-state index contributed by atoms with van der Waals surface area (Å²) in [5.74, 6) is 0. The molecule has 2 N–H and O–H groups in total. The van der Waals surface area contributed by atoms with Crippen molar-refractivity contribution in [3.63, 3.8) is 0 Å². The lowest BCUT2D eigenvalue weighted by Crippen LogP contribution is -2.24. The van der Waals surface area contributed by atoms with E-state index in [9.17, 15) is 0 Å². The van der Waals surface area contributed by atoms with Gasteiger partial charge in [0, 0.05) is 18.6 Å². The lowest BCUT2D eigenvalue weighted by Gasteiger charge is -2.21. The number of anilines is 2. The molecule has 0 saturated carbocycles. The summed E-state index contributed by atoms with van der Waals surface area (Å²) >= 11 is 5.84. The van der Waals surface area contributed by atoms with Crippen LogP contribution in [0.15, 0.2) is 18.2 Å². The first kappa shape index (κ1) is 13.1. The van der Waals surface area contributed by atoms with Gasteiger partial charge in [0.15, 0.2) is 0 Å². The molecular weight excluding hydrogens is 224 g/mol. The first-order valence-corrected chi connectivity index (χ1v) is 5.76. The van der Waals surface area contributed by atoms with Gasteiger partial charge in [-0.3, -0.25) is 0 Å². The zero-order chi connectivity index (χ0) is 12.1. The van der Waals surface area contributed by atoms with Gasteiger partial charge in [0.1, 0.15) is 0 Å². The second-order valence-corrected chi connectivity index (χ2v) is 4.48. The maximum absolute atomic E-state index is 5.89. The van der Waals surface area contributed by atoms with Gasteiger partial charge in [0.05, 0.1) is 24.1 Å². The van der Waals surface area contributed by atoms with Crippen LogP contribution in [0.1, 0.15) is 13.8 Å². The quantitative estimate of drug-likeness (QED) is 0.807. The minimum absolute atomic E-state index is 0.260. The number of hydrogen-bond acceptors (Lipinski definition) is 3. The number of ether oxygens (including phenoxy) is 1. The number of halogens is 1. The van der Waals surface area contributed by atoms with Crippen LogP contribution in [-0.4, -0.2) is 26.3 Å². The molecule has 0 unspecified atom stereocenters.